The molecule has 0 aromatic carbocycles. The van der Waals surface area contributed by atoms with Crippen LogP contribution in [-0.2, 0) is 16.9 Å². The van der Waals surface area contributed by atoms with Gasteiger partial charge in [0.05, 0.1) is 18.7 Å². The predicted molar refractivity (Wildman–Crippen MR) is 109 cm³/mol. The van der Waals surface area contributed by atoms with E-state index in [2.05, 4.69) is 25.5 Å². The number of carbonyl (C=O) groups excluding carboxylic acids is 1. The quantitative estimate of drug-likeness (QED) is 0.776. The fraction of sp³-hybridized carbons (Fsp3) is 0.700. The summed E-state index contributed by atoms with van der Waals surface area (Å²) >= 11 is 1.46. The number of nitrogens with zero attached hydrogens (tertiary/aromatic N) is 5. The predicted octanol–water partition coefficient (Wildman–Crippen LogP) is 2.24. The van der Waals surface area contributed by atoms with Crippen molar-refractivity contribution >= 4 is 22.4 Å². The molecule has 3 saturated heterocycles. The van der Waals surface area contributed by atoms with Crippen molar-refractivity contribution < 1.29 is 9.90 Å². The van der Waals surface area contributed by atoms with Gasteiger partial charge in [-0.3, -0.25) is 14.4 Å². The molecule has 156 valence electrons. The number of nitrogens with one attached hydrogen (secondary N) is 1. The normalized spacial score (nSPS) is 30.9. The van der Waals surface area contributed by atoms with E-state index >= 15 is 0 Å². The first-order valence-electron chi connectivity index (χ1n) is 10.7. The van der Waals surface area contributed by atoms with Gasteiger partial charge in [-0.1, -0.05) is 24.5 Å². The number of hydrogen-bond acceptors (Lipinski definition) is 7. The van der Waals surface area contributed by atoms with E-state index in [-0.39, 0.29) is 11.8 Å². The number of amides is 1. The van der Waals surface area contributed by atoms with Gasteiger partial charge in [-0.25, -0.2) is 4.98 Å². The van der Waals surface area contributed by atoms with Crippen molar-refractivity contribution in [2.45, 2.75) is 63.1 Å². The Balaban J connectivity index is 1.21. The molecule has 1 saturated carbocycles. The van der Waals surface area contributed by atoms with E-state index in [0.29, 0.717) is 22.8 Å². The number of aliphatic hydroxyl groups is 1. The number of piperidine rings is 3. The highest BCUT2D eigenvalue weighted by Crippen LogP contribution is 2.38. The van der Waals surface area contributed by atoms with Crippen LogP contribution < -0.4 is 5.32 Å². The summed E-state index contributed by atoms with van der Waals surface area (Å²) in [5.74, 6) is 0.518. The third-order valence-electron chi connectivity index (χ3n) is 6.97. The molecule has 8 nitrogen and oxygen atoms in total. The Morgan fingerprint density at radius 2 is 2.21 bits per heavy atom. The van der Waals surface area contributed by atoms with E-state index in [1.807, 2.05) is 16.3 Å². The topological polar surface area (TPSA) is 96.2 Å². The summed E-state index contributed by atoms with van der Waals surface area (Å²) in [6.07, 6.45) is 10.5. The van der Waals surface area contributed by atoms with Crippen LogP contribution in [0.15, 0.2) is 17.8 Å². The monoisotopic (exact) mass is 416 g/mol. The van der Waals surface area contributed by atoms with Crippen LogP contribution in [-0.4, -0.2) is 55.0 Å². The molecule has 2 aromatic heterocycles. The Hall–Kier alpha value is -1.84. The minimum atomic E-state index is -0.804. The van der Waals surface area contributed by atoms with Gasteiger partial charge >= 0.3 is 0 Å². The minimum absolute atomic E-state index is 0.0261. The Bertz CT molecular complexity index is 847. The van der Waals surface area contributed by atoms with Crippen molar-refractivity contribution in [3.63, 3.8) is 0 Å². The molecule has 0 spiro atoms. The van der Waals surface area contributed by atoms with Crippen LogP contribution in [0.2, 0.25) is 0 Å². The van der Waals surface area contributed by atoms with Crippen LogP contribution in [0.25, 0.3) is 0 Å². The second-order valence-corrected chi connectivity index (χ2v) is 9.68. The van der Waals surface area contributed by atoms with Crippen molar-refractivity contribution in [3.8, 4) is 0 Å². The second-order valence-electron chi connectivity index (χ2n) is 8.78. The van der Waals surface area contributed by atoms with E-state index in [1.54, 1.807) is 6.20 Å². The van der Waals surface area contributed by atoms with Gasteiger partial charge in [-0.15, -0.1) is 16.4 Å². The Morgan fingerprint density at radius 3 is 2.93 bits per heavy atom. The lowest BCUT2D eigenvalue weighted by molar-refractivity contribution is -0.127. The molecular weight excluding hydrogens is 388 g/mol. The minimum Gasteiger partial charge on any atom is -0.383 e. The van der Waals surface area contributed by atoms with Crippen LogP contribution >= 0.6 is 11.3 Å². The van der Waals surface area contributed by atoms with Gasteiger partial charge in [-0.2, -0.15) is 0 Å². The zero-order valence-electron chi connectivity index (χ0n) is 16.5. The van der Waals surface area contributed by atoms with Crippen molar-refractivity contribution in [3.05, 3.63) is 23.5 Å². The lowest BCUT2D eigenvalue weighted by atomic mass is 9.75. The lowest BCUT2D eigenvalue weighted by Crippen LogP contribution is -2.57. The van der Waals surface area contributed by atoms with Crippen molar-refractivity contribution in [2.75, 3.05) is 18.4 Å². The van der Waals surface area contributed by atoms with Crippen LogP contribution in [0.1, 0.15) is 50.6 Å². The second kappa shape index (κ2) is 7.77. The number of rotatable bonds is 5. The molecule has 2 N–H and O–H groups in total. The Kier molecular flexibility index (Phi) is 5.13. The zero-order chi connectivity index (χ0) is 19.8. The molecule has 2 bridgehead atoms. The zero-order valence-corrected chi connectivity index (χ0v) is 17.4. The number of hydrogen-bond donors (Lipinski definition) is 2. The molecule has 29 heavy (non-hydrogen) atoms. The van der Waals surface area contributed by atoms with Gasteiger partial charge in [0, 0.05) is 24.2 Å². The molecule has 5 heterocycles. The first kappa shape index (κ1) is 19.1. The molecule has 2 aromatic rings. The molecule has 1 aliphatic carbocycles. The molecule has 3 aliphatic heterocycles. The summed E-state index contributed by atoms with van der Waals surface area (Å²) in [5.41, 5.74) is -0.0877. The maximum absolute atomic E-state index is 12.7. The number of fused-ring (bicyclic) bond motifs is 3. The molecule has 1 amide bonds. The number of anilines is 1. The van der Waals surface area contributed by atoms with Crippen LogP contribution in [0.3, 0.4) is 0 Å². The van der Waals surface area contributed by atoms with E-state index in [4.69, 9.17) is 0 Å². The lowest BCUT2D eigenvalue weighted by Gasteiger charge is -2.49. The van der Waals surface area contributed by atoms with Crippen LogP contribution in [0.5, 0.6) is 0 Å². The highest BCUT2D eigenvalue weighted by molar-refractivity contribution is 7.13. The van der Waals surface area contributed by atoms with Crippen LogP contribution in [0, 0.1) is 11.8 Å². The Labute approximate surface area is 174 Å². The first-order chi connectivity index (χ1) is 14.1. The van der Waals surface area contributed by atoms with E-state index in [0.717, 1.165) is 58.2 Å². The summed E-state index contributed by atoms with van der Waals surface area (Å²) < 4.78 is 1.89. The van der Waals surface area contributed by atoms with Gasteiger partial charge in [0.25, 0.3) is 0 Å². The van der Waals surface area contributed by atoms with Gasteiger partial charge in [-0.05, 0) is 38.1 Å². The fourth-order valence-corrected chi connectivity index (χ4v) is 5.85. The summed E-state index contributed by atoms with van der Waals surface area (Å²) in [6, 6.07) is 0.369. The molecule has 4 aliphatic rings. The maximum atomic E-state index is 12.7. The largest absolute Gasteiger partial charge is 0.383 e. The average molecular weight is 417 g/mol. The molecule has 6 rings (SSSR count). The highest BCUT2D eigenvalue weighted by atomic mass is 32.1. The molecule has 9 heteroatoms. The highest BCUT2D eigenvalue weighted by Gasteiger charge is 2.43. The van der Waals surface area contributed by atoms with Crippen molar-refractivity contribution in [1.29, 1.82) is 0 Å². The third-order valence-corrected chi connectivity index (χ3v) is 7.66. The third kappa shape index (κ3) is 3.83. The molecule has 2 unspecified atom stereocenters. The summed E-state index contributed by atoms with van der Waals surface area (Å²) in [6.45, 7) is 2.58. The molecule has 4 fully saturated rings. The standard InChI is InChI=1S/C20H28N6O2S/c27-18(22-19-21-7-9-29-19)16-12-25-8-4-14(16)10-15(25)11-26-13-17(23-24-26)20(28)5-2-1-3-6-20/h7,9,13-16,28H,1-6,8,10-12H2,(H,21,22,27)/t14?,15-,16+/m1/s1. The van der Waals surface area contributed by atoms with E-state index < -0.39 is 5.60 Å². The SMILES string of the molecule is O=C(Nc1nccs1)[C@H]1CN2CCC1C[C@@H]2Cn1cc(C2(O)CCCCC2)nn1. The summed E-state index contributed by atoms with van der Waals surface area (Å²) in [7, 11) is 0. The van der Waals surface area contributed by atoms with Crippen molar-refractivity contribution in [2.24, 2.45) is 11.8 Å². The molecule has 0 radical (unpaired) electrons. The fourth-order valence-electron chi connectivity index (χ4n) is 5.32. The first-order valence-corrected chi connectivity index (χ1v) is 11.6. The number of aromatic nitrogens is 4. The van der Waals surface area contributed by atoms with E-state index in [9.17, 15) is 9.90 Å². The molecular formula is C20H28N6O2S. The number of carbonyl (C=O) groups is 1. The van der Waals surface area contributed by atoms with Gasteiger partial charge in [0.15, 0.2) is 5.13 Å². The van der Waals surface area contributed by atoms with Gasteiger partial charge in [0.1, 0.15) is 11.3 Å². The molecule has 4 atom stereocenters. The smallest absolute Gasteiger partial charge is 0.230 e. The Morgan fingerprint density at radius 1 is 1.34 bits per heavy atom. The number of thiazole rings is 1. The van der Waals surface area contributed by atoms with Crippen molar-refractivity contribution in [1.82, 2.24) is 24.9 Å². The van der Waals surface area contributed by atoms with Crippen LogP contribution in [0.4, 0.5) is 5.13 Å². The maximum Gasteiger partial charge on any atom is 0.230 e. The average Bonchev–Trinajstić information content (AvgIpc) is 3.41. The summed E-state index contributed by atoms with van der Waals surface area (Å²) in [5, 5.41) is 25.0. The summed E-state index contributed by atoms with van der Waals surface area (Å²) in [4.78, 5) is 19.3. The van der Waals surface area contributed by atoms with Gasteiger partial charge in [0.2, 0.25) is 5.91 Å². The van der Waals surface area contributed by atoms with Gasteiger partial charge < -0.3 is 10.4 Å². The van der Waals surface area contributed by atoms with E-state index in [1.165, 1.54) is 17.8 Å².